The van der Waals surface area contributed by atoms with Crippen molar-refractivity contribution in [3.8, 4) is 0 Å². The highest BCUT2D eigenvalue weighted by atomic mass is 16.5. The van der Waals surface area contributed by atoms with E-state index in [1.165, 1.54) is 64.6 Å². The van der Waals surface area contributed by atoms with Crippen molar-refractivity contribution >= 4 is 0 Å². The van der Waals surface area contributed by atoms with Crippen molar-refractivity contribution in [2.75, 3.05) is 32.8 Å². The molecule has 3 fully saturated rings. The molecule has 3 heteroatoms. The molecule has 0 spiro atoms. The fourth-order valence-corrected chi connectivity index (χ4v) is 3.38. The van der Waals surface area contributed by atoms with Crippen LogP contribution in [0, 0.1) is 5.92 Å². The molecule has 2 saturated heterocycles. The summed E-state index contributed by atoms with van der Waals surface area (Å²) < 4.78 is 5.57. The summed E-state index contributed by atoms with van der Waals surface area (Å²) in [5.41, 5.74) is 0. The Morgan fingerprint density at radius 2 is 1.78 bits per heavy atom. The van der Waals surface area contributed by atoms with E-state index in [1.807, 2.05) is 0 Å². The molecule has 2 aliphatic heterocycles. The first kappa shape index (κ1) is 12.9. The highest BCUT2D eigenvalue weighted by Crippen LogP contribution is 2.28. The summed E-state index contributed by atoms with van der Waals surface area (Å²) in [6.07, 6.45) is 9.49. The Kier molecular flexibility index (Phi) is 4.55. The summed E-state index contributed by atoms with van der Waals surface area (Å²) in [6, 6.07) is 1.60. The first-order valence-electron chi connectivity index (χ1n) is 7.97. The Morgan fingerprint density at radius 1 is 0.944 bits per heavy atom. The van der Waals surface area contributed by atoms with E-state index in [0.29, 0.717) is 0 Å². The van der Waals surface area contributed by atoms with Gasteiger partial charge in [-0.05, 0) is 70.5 Å². The SMILES string of the molecule is C1COCCC(N2CCC(NCC3CC3)CC2)C1. The van der Waals surface area contributed by atoms with Gasteiger partial charge in [-0.15, -0.1) is 0 Å². The van der Waals surface area contributed by atoms with Gasteiger partial charge < -0.3 is 15.0 Å². The molecule has 0 bridgehead atoms. The van der Waals surface area contributed by atoms with Crippen molar-refractivity contribution in [2.45, 2.75) is 57.0 Å². The molecule has 1 N–H and O–H groups in total. The first-order chi connectivity index (χ1) is 8.92. The van der Waals surface area contributed by atoms with Gasteiger partial charge in [-0.2, -0.15) is 0 Å². The van der Waals surface area contributed by atoms with Gasteiger partial charge in [-0.25, -0.2) is 0 Å². The van der Waals surface area contributed by atoms with E-state index in [2.05, 4.69) is 10.2 Å². The Labute approximate surface area is 111 Å². The zero-order chi connectivity index (χ0) is 12.2. The fraction of sp³-hybridized carbons (Fsp3) is 1.00. The van der Waals surface area contributed by atoms with Gasteiger partial charge in [0.1, 0.15) is 0 Å². The molecule has 0 radical (unpaired) electrons. The number of nitrogens with one attached hydrogen (secondary N) is 1. The minimum atomic E-state index is 0.795. The second-order valence-corrected chi connectivity index (χ2v) is 6.36. The van der Waals surface area contributed by atoms with Gasteiger partial charge in [0.2, 0.25) is 0 Å². The van der Waals surface area contributed by atoms with E-state index in [1.54, 1.807) is 0 Å². The lowest BCUT2D eigenvalue weighted by molar-refractivity contribution is 0.112. The second-order valence-electron chi connectivity index (χ2n) is 6.36. The molecule has 3 aliphatic rings. The van der Waals surface area contributed by atoms with Crippen molar-refractivity contribution < 1.29 is 4.74 Å². The normalized spacial score (nSPS) is 32.3. The number of piperidine rings is 1. The molecular formula is C15H28N2O. The number of nitrogens with zero attached hydrogens (tertiary/aromatic N) is 1. The highest BCUT2D eigenvalue weighted by Gasteiger charge is 2.27. The quantitative estimate of drug-likeness (QED) is 0.828. The van der Waals surface area contributed by atoms with Crippen LogP contribution in [-0.2, 0) is 4.74 Å². The van der Waals surface area contributed by atoms with Gasteiger partial charge in [0.15, 0.2) is 0 Å². The molecule has 1 atom stereocenters. The monoisotopic (exact) mass is 252 g/mol. The van der Waals surface area contributed by atoms with Gasteiger partial charge in [0, 0.05) is 25.3 Å². The van der Waals surface area contributed by atoms with E-state index in [-0.39, 0.29) is 0 Å². The molecule has 3 rings (SSSR count). The van der Waals surface area contributed by atoms with E-state index >= 15 is 0 Å². The smallest absolute Gasteiger partial charge is 0.0480 e. The van der Waals surface area contributed by atoms with Gasteiger partial charge in [-0.3, -0.25) is 0 Å². The van der Waals surface area contributed by atoms with Crippen molar-refractivity contribution in [3.05, 3.63) is 0 Å². The van der Waals surface area contributed by atoms with Gasteiger partial charge in [-0.1, -0.05) is 0 Å². The molecule has 0 aromatic heterocycles. The summed E-state index contributed by atoms with van der Waals surface area (Å²) in [5.74, 6) is 1.02. The third-order valence-electron chi connectivity index (χ3n) is 4.86. The maximum absolute atomic E-state index is 5.57. The molecule has 18 heavy (non-hydrogen) atoms. The Morgan fingerprint density at radius 3 is 2.56 bits per heavy atom. The molecule has 1 unspecified atom stereocenters. The average molecular weight is 252 g/mol. The number of ether oxygens (including phenoxy) is 1. The number of hydrogen-bond donors (Lipinski definition) is 1. The zero-order valence-corrected chi connectivity index (χ0v) is 11.6. The summed E-state index contributed by atoms with van der Waals surface area (Å²) in [4.78, 5) is 2.73. The predicted octanol–water partition coefficient (Wildman–Crippen LogP) is 2.02. The third-order valence-corrected chi connectivity index (χ3v) is 4.86. The standard InChI is InChI=1S/C15H28N2O/c1-2-15(7-11-18-10-1)17-8-5-14(6-9-17)16-12-13-3-4-13/h13-16H,1-12H2. The maximum atomic E-state index is 5.57. The van der Waals surface area contributed by atoms with E-state index in [0.717, 1.165) is 31.2 Å². The van der Waals surface area contributed by atoms with Crippen molar-refractivity contribution in [1.29, 1.82) is 0 Å². The summed E-state index contributed by atoms with van der Waals surface area (Å²) >= 11 is 0. The summed E-state index contributed by atoms with van der Waals surface area (Å²) in [6.45, 7) is 5.84. The molecule has 1 saturated carbocycles. The molecule has 2 heterocycles. The Balaban J connectivity index is 1.38. The molecule has 104 valence electrons. The van der Waals surface area contributed by atoms with Crippen LogP contribution in [0.2, 0.25) is 0 Å². The first-order valence-corrected chi connectivity index (χ1v) is 7.97. The van der Waals surface area contributed by atoms with Crippen LogP contribution in [0.5, 0.6) is 0 Å². The molecule has 0 aromatic rings. The summed E-state index contributed by atoms with van der Waals surface area (Å²) in [7, 11) is 0. The maximum Gasteiger partial charge on any atom is 0.0480 e. The third kappa shape index (κ3) is 3.69. The van der Waals surface area contributed by atoms with Crippen LogP contribution in [0.4, 0.5) is 0 Å². The Bertz CT molecular complexity index is 239. The number of rotatable bonds is 4. The van der Waals surface area contributed by atoms with Gasteiger partial charge >= 0.3 is 0 Å². The topological polar surface area (TPSA) is 24.5 Å². The van der Waals surface area contributed by atoms with Gasteiger partial charge in [0.25, 0.3) is 0 Å². The lowest BCUT2D eigenvalue weighted by Gasteiger charge is -2.37. The molecule has 3 nitrogen and oxygen atoms in total. The Hall–Kier alpha value is -0.120. The number of likely N-dealkylation sites (tertiary alicyclic amines) is 1. The van der Waals surface area contributed by atoms with E-state index < -0.39 is 0 Å². The minimum absolute atomic E-state index is 0.795. The zero-order valence-electron chi connectivity index (χ0n) is 11.6. The van der Waals surface area contributed by atoms with Crippen LogP contribution in [0.3, 0.4) is 0 Å². The second kappa shape index (κ2) is 6.36. The van der Waals surface area contributed by atoms with E-state index in [9.17, 15) is 0 Å². The summed E-state index contributed by atoms with van der Waals surface area (Å²) in [5, 5.41) is 3.77. The van der Waals surface area contributed by atoms with Crippen molar-refractivity contribution in [3.63, 3.8) is 0 Å². The molecule has 0 aromatic carbocycles. The van der Waals surface area contributed by atoms with Crippen LogP contribution in [0.15, 0.2) is 0 Å². The van der Waals surface area contributed by atoms with Crippen LogP contribution < -0.4 is 5.32 Å². The molecule has 0 amide bonds. The minimum Gasteiger partial charge on any atom is -0.381 e. The van der Waals surface area contributed by atoms with Crippen LogP contribution in [-0.4, -0.2) is 49.8 Å². The highest BCUT2D eigenvalue weighted by molar-refractivity contribution is 4.84. The lowest BCUT2D eigenvalue weighted by Crippen LogP contribution is -2.47. The largest absolute Gasteiger partial charge is 0.381 e. The van der Waals surface area contributed by atoms with Gasteiger partial charge in [0.05, 0.1) is 0 Å². The van der Waals surface area contributed by atoms with Crippen LogP contribution in [0.25, 0.3) is 0 Å². The average Bonchev–Trinajstić information content (AvgIpc) is 3.24. The predicted molar refractivity (Wildman–Crippen MR) is 73.8 cm³/mol. The van der Waals surface area contributed by atoms with Crippen LogP contribution in [0.1, 0.15) is 44.9 Å². The van der Waals surface area contributed by atoms with Crippen molar-refractivity contribution in [1.82, 2.24) is 10.2 Å². The lowest BCUT2D eigenvalue weighted by atomic mass is 10.00. The van der Waals surface area contributed by atoms with Crippen molar-refractivity contribution in [2.24, 2.45) is 5.92 Å². The number of hydrogen-bond acceptors (Lipinski definition) is 3. The van der Waals surface area contributed by atoms with E-state index in [4.69, 9.17) is 4.74 Å². The molecule has 1 aliphatic carbocycles. The molecular weight excluding hydrogens is 224 g/mol. The van der Waals surface area contributed by atoms with Crippen LogP contribution >= 0.6 is 0 Å². The fourth-order valence-electron chi connectivity index (χ4n) is 3.38.